The van der Waals surface area contributed by atoms with E-state index in [0.29, 0.717) is 18.9 Å². The molecule has 6 rings (SSSR count). The van der Waals surface area contributed by atoms with Gasteiger partial charge in [0, 0.05) is 79.5 Å². The Kier molecular flexibility index (Phi) is 17.5. The van der Waals surface area contributed by atoms with Crippen LogP contribution in [0, 0.1) is 0 Å². The van der Waals surface area contributed by atoms with Crippen molar-refractivity contribution in [1.29, 1.82) is 0 Å². The Hall–Kier alpha value is -4.82. The number of pyridine rings is 2. The summed E-state index contributed by atoms with van der Waals surface area (Å²) in [6.45, 7) is 29.2. The van der Waals surface area contributed by atoms with Crippen molar-refractivity contribution in [2.24, 2.45) is 5.73 Å². The van der Waals surface area contributed by atoms with Crippen molar-refractivity contribution in [3.8, 4) is 0 Å². The highest BCUT2D eigenvalue weighted by molar-refractivity contribution is 7.12. The number of ether oxygens (including phenoxy) is 1. The summed E-state index contributed by atoms with van der Waals surface area (Å²) in [5, 5.41) is 13.1. The Labute approximate surface area is 407 Å². The first kappa shape index (κ1) is 53.1. The first-order valence-corrected chi connectivity index (χ1v) is 30.1. The maximum absolute atomic E-state index is 13.5. The molecule has 2 atom stereocenters. The topological polar surface area (TPSA) is 167 Å². The fourth-order valence-electron chi connectivity index (χ4n) is 6.21. The van der Waals surface area contributed by atoms with Crippen molar-refractivity contribution < 1.29 is 28.0 Å². The number of aromatic nitrogens is 2. The number of hydrogen-bond donors (Lipinski definition) is 4. The molecule has 5 N–H and O–H groups in total. The van der Waals surface area contributed by atoms with Gasteiger partial charge in [-0.3, -0.25) is 19.6 Å². The smallest absolute Gasteiger partial charge is 0.407 e. The molecule has 0 aliphatic rings. The number of rotatable bonds is 15. The van der Waals surface area contributed by atoms with Gasteiger partial charge in [-0.05, 0) is 128 Å². The molecule has 0 spiro atoms. The summed E-state index contributed by atoms with van der Waals surface area (Å²) in [4.78, 5) is 51.0. The molecule has 67 heavy (non-hydrogen) atoms. The van der Waals surface area contributed by atoms with E-state index in [1.165, 1.54) is 11.3 Å². The average Bonchev–Trinajstić information content (AvgIpc) is 3.92. The first-order chi connectivity index (χ1) is 31.2. The summed E-state index contributed by atoms with van der Waals surface area (Å²) in [5.74, 6) is -1.27. The summed E-state index contributed by atoms with van der Waals surface area (Å²) >= 11 is 3.14. The number of hydrogen-bond acceptors (Lipinski definition) is 11. The van der Waals surface area contributed by atoms with Gasteiger partial charge in [0.25, 0.3) is 0 Å². The lowest BCUT2D eigenvalue weighted by Gasteiger charge is -2.36. The molecule has 12 nitrogen and oxygen atoms in total. The van der Waals surface area contributed by atoms with Gasteiger partial charge < -0.3 is 35.3 Å². The Morgan fingerprint density at radius 2 is 1.04 bits per heavy atom. The monoisotopic (exact) mass is 982 g/mol. The third kappa shape index (κ3) is 15.1. The predicted octanol–water partition coefficient (Wildman–Crippen LogP) is 12.6. The number of thiophene rings is 2. The van der Waals surface area contributed by atoms with E-state index in [0.717, 1.165) is 46.7 Å². The van der Waals surface area contributed by atoms with Gasteiger partial charge in [0.1, 0.15) is 5.60 Å². The first-order valence-electron chi connectivity index (χ1n) is 22.7. The number of amides is 3. The van der Waals surface area contributed by atoms with Gasteiger partial charge in [-0.2, -0.15) is 0 Å². The summed E-state index contributed by atoms with van der Waals surface area (Å²) in [6, 6.07) is 23.3. The van der Waals surface area contributed by atoms with E-state index >= 15 is 0 Å². The molecule has 4 aromatic heterocycles. The van der Waals surface area contributed by atoms with Crippen LogP contribution in [0.1, 0.15) is 93.7 Å². The zero-order valence-corrected chi connectivity index (χ0v) is 45.1. The van der Waals surface area contributed by atoms with E-state index in [2.05, 4.69) is 93.6 Å². The van der Waals surface area contributed by atoms with Crippen LogP contribution < -0.4 is 21.7 Å². The molecule has 16 heteroatoms. The van der Waals surface area contributed by atoms with Gasteiger partial charge in [-0.1, -0.05) is 53.7 Å². The zero-order valence-electron chi connectivity index (χ0n) is 41.5. The molecule has 0 saturated heterocycles. The number of carbonyl (C=O) groups is 3. The van der Waals surface area contributed by atoms with E-state index in [1.807, 2.05) is 79.0 Å². The minimum absolute atomic E-state index is 0.0929. The Bertz CT molecular complexity index is 2630. The normalized spacial score (nSPS) is 13.3. The molecule has 0 aliphatic heterocycles. The molecule has 3 amide bonds. The molecule has 0 aliphatic carbocycles. The third-order valence-electron chi connectivity index (χ3n) is 12.3. The minimum Gasteiger partial charge on any atom is -0.444 e. The van der Waals surface area contributed by atoms with E-state index in [4.69, 9.17) is 19.3 Å². The van der Waals surface area contributed by atoms with Crippen LogP contribution in [0.15, 0.2) is 97.6 Å². The molecule has 4 heterocycles. The van der Waals surface area contributed by atoms with Crippen LogP contribution in [-0.4, -0.2) is 63.2 Å². The van der Waals surface area contributed by atoms with Crippen molar-refractivity contribution in [3.05, 3.63) is 117 Å². The Morgan fingerprint density at radius 3 is 1.46 bits per heavy atom. The standard InChI is InChI=1S/C28H39N3O4SSi.C23H31N3O2SSi/c1-27(2,3)35-26(33)30-17-23(24-12-11-22(36-24)18-34-37(7,8)28(4,5)6)25(32)31-21-10-9-20-16-29-14-13-19(20)15-21;1-23(2,3)30(4,5)28-15-19-8-9-21(29-19)20(13-24)22(27)26-18-7-6-17-14-25-11-10-16(17)12-18/h9-16,23H,17-18H2,1-8H3,(H,30,33)(H,31,32);6-12,14,20H,13,15,24H2,1-5H3,(H,26,27). The maximum atomic E-state index is 13.5. The van der Waals surface area contributed by atoms with Crippen LogP contribution in [0.2, 0.25) is 36.3 Å². The number of fused-ring (bicyclic) bond motifs is 2. The molecule has 6 aromatic rings. The number of anilines is 2. The molecule has 0 bridgehead atoms. The average molecular weight is 983 g/mol. The molecule has 0 radical (unpaired) electrons. The van der Waals surface area contributed by atoms with E-state index in [-0.39, 0.29) is 40.9 Å². The number of nitrogens with zero attached hydrogens (tertiary/aromatic N) is 2. The van der Waals surface area contributed by atoms with Crippen LogP contribution in [0.3, 0.4) is 0 Å². The third-order valence-corrected chi connectivity index (χ3v) is 23.7. The molecule has 0 saturated carbocycles. The SMILES string of the molecule is CC(C)(C)OC(=O)NCC(C(=O)Nc1ccc2cnccc2c1)c1ccc(CO[Si](C)(C)C(C)(C)C)s1.CC(C)(C)[Si](C)(C)OCc1ccc(C(CN)C(=O)Nc2ccc3cnccc3c2)s1. The number of alkyl carbamates (subject to hydrolysis) is 1. The second-order valence-electron chi connectivity index (χ2n) is 20.8. The highest BCUT2D eigenvalue weighted by atomic mass is 32.1. The number of carbonyl (C=O) groups excluding carboxylic acids is 3. The fraction of sp³-hybridized carbons (Fsp3) is 0.431. The van der Waals surface area contributed by atoms with Crippen LogP contribution in [0.5, 0.6) is 0 Å². The fourth-order valence-corrected chi connectivity index (χ4v) is 10.4. The van der Waals surface area contributed by atoms with Crippen molar-refractivity contribution in [1.82, 2.24) is 15.3 Å². The van der Waals surface area contributed by atoms with E-state index in [1.54, 1.807) is 50.7 Å². The summed E-state index contributed by atoms with van der Waals surface area (Å²) < 4.78 is 18.1. The summed E-state index contributed by atoms with van der Waals surface area (Å²) in [5.41, 5.74) is 6.79. The molecule has 0 fully saturated rings. The van der Waals surface area contributed by atoms with E-state index < -0.39 is 34.2 Å². The van der Waals surface area contributed by atoms with Crippen LogP contribution in [0.25, 0.3) is 21.5 Å². The lowest BCUT2D eigenvalue weighted by Crippen LogP contribution is -2.40. The second-order valence-corrected chi connectivity index (χ2v) is 32.8. The zero-order chi connectivity index (χ0) is 49.4. The number of nitrogens with one attached hydrogen (secondary N) is 3. The van der Waals surface area contributed by atoms with Gasteiger partial charge in [0.2, 0.25) is 11.8 Å². The van der Waals surface area contributed by atoms with Crippen molar-refractivity contribution in [2.75, 3.05) is 23.7 Å². The van der Waals surface area contributed by atoms with Crippen molar-refractivity contribution >= 4 is 90.1 Å². The Morgan fingerprint density at radius 1 is 0.612 bits per heavy atom. The Balaban J connectivity index is 0.000000256. The van der Waals surface area contributed by atoms with Crippen LogP contribution >= 0.6 is 22.7 Å². The number of benzene rings is 2. The van der Waals surface area contributed by atoms with Gasteiger partial charge in [0.15, 0.2) is 16.6 Å². The van der Waals surface area contributed by atoms with Crippen molar-refractivity contribution in [3.63, 3.8) is 0 Å². The minimum atomic E-state index is -1.90. The second kappa shape index (κ2) is 22.1. The van der Waals surface area contributed by atoms with Gasteiger partial charge in [-0.25, -0.2) is 4.79 Å². The molecule has 360 valence electrons. The quantitative estimate of drug-likeness (QED) is 0.0732. The highest BCUT2D eigenvalue weighted by Gasteiger charge is 2.38. The summed E-state index contributed by atoms with van der Waals surface area (Å²) in [6.07, 6.45) is 6.51. The molecule has 2 unspecified atom stereocenters. The number of nitrogens with two attached hydrogens (primary N) is 1. The van der Waals surface area contributed by atoms with Crippen LogP contribution in [0.4, 0.5) is 16.2 Å². The van der Waals surface area contributed by atoms with Gasteiger partial charge in [-0.15, -0.1) is 22.7 Å². The highest BCUT2D eigenvalue weighted by Crippen LogP contribution is 2.39. The van der Waals surface area contributed by atoms with Crippen molar-refractivity contribution in [2.45, 2.75) is 129 Å². The lowest BCUT2D eigenvalue weighted by molar-refractivity contribution is -0.118. The molecular formula is C51H70N6O6S2Si2. The van der Waals surface area contributed by atoms with E-state index in [9.17, 15) is 14.4 Å². The molecular weight excluding hydrogens is 913 g/mol. The predicted molar refractivity (Wildman–Crippen MR) is 282 cm³/mol. The molecule has 2 aromatic carbocycles. The lowest BCUT2D eigenvalue weighted by atomic mass is 10.1. The summed E-state index contributed by atoms with van der Waals surface area (Å²) in [7, 11) is -3.72. The maximum Gasteiger partial charge on any atom is 0.407 e. The van der Waals surface area contributed by atoms with Gasteiger partial charge >= 0.3 is 6.09 Å². The van der Waals surface area contributed by atoms with Gasteiger partial charge in [0.05, 0.1) is 25.0 Å². The van der Waals surface area contributed by atoms with Crippen LogP contribution in [-0.2, 0) is 36.4 Å². The largest absolute Gasteiger partial charge is 0.444 e.